The van der Waals surface area contributed by atoms with E-state index in [2.05, 4.69) is 31.9 Å². The Balaban J connectivity index is 2.03. The van der Waals surface area contributed by atoms with Gasteiger partial charge in [-0.15, -0.1) is 0 Å². The van der Waals surface area contributed by atoms with Crippen molar-refractivity contribution < 1.29 is 14.0 Å². The fourth-order valence-corrected chi connectivity index (χ4v) is 3.19. The van der Waals surface area contributed by atoms with Gasteiger partial charge in [0.25, 0.3) is 11.7 Å². The second-order valence-corrected chi connectivity index (χ2v) is 6.40. The zero-order chi connectivity index (χ0) is 15.1. The third kappa shape index (κ3) is 2.53. The van der Waals surface area contributed by atoms with Crippen molar-refractivity contribution in [2.45, 2.75) is 6.54 Å². The fraction of sp³-hybridized carbons (Fsp3) is 0.0667. The lowest BCUT2D eigenvalue weighted by molar-refractivity contribution is -0.114. The van der Waals surface area contributed by atoms with Crippen LogP contribution in [-0.4, -0.2) is 11.7 Å². The number of nitrogens with zero attached hydrogens (tertiary/aromatic N) is 1. The van der Waals surface area contributed by atoms with Crippen LogP contribution in [0.5, 0.6) is 0 Å². The van der Waals surface area contributed by atoms with Crippen LogP contribution >= 0.6 is 31.9 Å². The molecule has 3 nitrogen and oxygen atoms in total. The number of Topliss-reactive ketones (excluding diaryl/α,β-unsaturated/α-hetero) is 1. The number of fused-ring (bicyclic) bond motifs is 1. The van der Waals surface area contributed by atoms with Crippen molar-refractivity contribution in [3.05, 3.63) is 62.3 Å². The van der Waals surface area contributed by atoms with Crippen molar-refractivity contribution in [1.29, 1.82) is 0 Å². The third-order valence-corrected chi connectivity index (χ3v) is 4.37. The van der Waals surface area contributed by atoms with E-state index in [-0.39, 0.29) is 12.1 Å². The van der Waals surface area contributed by atoms with Crippen molar-refractivity contribution in [3.8, 4) is 0 Å². The van der Waals surface area contributed by atoms with E-state index in [1.54, 1.807) is 0 Å². The van der Waals surface area contributed by atoms with Gasteiger partial charge in [0.1, 0.15) is 5.82 Å². The highest BCUT2D eigenvalue weighted by Crippen LogP contribution is 2.37. The molecule has 0 aromatic heterocycles. The number of carbonyl (C=O) groups is 2. The van der Waals surface area contributed by atoms with Crippen LogP contribution in [0.4, 0.5) is 10.1 Å². The highest BCUT2D eigenvalue weighted by atomic mass is 79.9. The summed E-state index contributed by atoms with van der Waals surface area (Å²) in [5, 5.41) is 0. The molecule has 1 aliphatic rings. The van der Waals surface area contributed by atoms with E-state index in [1.165, 1.54) is 11.0 Å². The molecule has 0 unspecified atom stereocenters. The van der Waals surface area contributed by atoms with Crippen LogP contribution in [0.3, 0.4) is 0 Å². The summed E-state index contributed by atoms with van der Waals surface area (Å²) in [6.45, 7) is 0.259. The predicted molar refractivity (Wildman–Crippen MR) is 83.8 cm³/mol. The van der Waals surface area contributed by atoms with Crippen molar-refractivity contribution in [3.63, 3.8) is 0 Å². The molecule has 0 N–H and O–H groups in total. The monoisotopic (exact) mass is 411 g/mol. The number of ketones is 1. The van der Waals surface area contributed by atoms with Gasteiger partial charge >= 0.3 is 0 Å². The first-order valence-electron chi connectivity index (χ1n) is 6.07. The highest BCUT2D eigenvalue weighted by molar-refractivity contribution is 9.10. The average Bonchev–Trinajstić information content (AvgIpc) is 2.67. The average molecular weight is 413 g/mol. The number of carbonyl (C=O) groups excluding carboxylic acids is 2. The SMILES string of the molecule is O=C1C(=O)N(Cc2ccc(Br)cc2)c2c(Br)cc(F)cc21. The minimum atomic E-state index is -0.678. The molecule has 0 saturated carbocycles. The van der Waals surface area contributed by atoms with Gasteiger partial charge in [0.2, 0.25) is 0 Å². The lowest BCUT2D eigenvalue weighted by atomic mass is 10.1. The molecule has 0 atom stereocenters. The summed E-state index contributed by atoms with van der Waals surface area (Å²) in [6.07, 6.45) is 0. The Morgan fingerprint density at radius 3 is 2.38 bits per heavy atom. The minimum Gasteiger partial charge on any atom is -0.299 e. The van der Waals surface area contributed by atoms with E-state index >= 15 is 0 Å². The summed E-state index contributed by atoms with van der Waals surface area (Å²) in [4.78, 5) is 25.5. The number of hydrogen-bond donors (Lipinski definition) is 0. The van der Waals surface area contributed by atoms with E-state index in [0.717, 1.165) is 16.1 Å². The number of rotatable bonds is 2. The summed E-state index contributed by atoms with van der Waals surface area (Å²) in [6, 6.07) is 9.78. The molecular weight excluding hydrogens is 405 g/mol. The molecule has 1 heterocycles. The summed E-state index contributed by atoms with van der Waals surface area (Å²) >= 11 is 6.57. The van der Waals surface area contributed by atoms with Gasteiger partial charge in [-0.05, 0) is 45.8 Å². The Hall–Kier alpha value is -1.53. The van der Waals surface area contributed by atoms with Crippen molar-refractivity contribution in [1.82, 2.24) is 0 Å². The first kappa shape index (κ1) is 14.4. The van der Waals surface area contributed by atoms with Crippen LogP contribution in [-0.2, 0) is 11.3 Å². The van der Waals surface area contributed by atoms with E-state index < -0.39 is 17.5 Å². The van der Waals surface area contributed by atoms with E-state index in [4.69, 9.17) is 0 Å². The summed E-state index contributed by atoms with van der Waals surface area (Å²) in [5.41, 5.74) is 1.40. The molecule has 106 valence electrons. The number of halogens is 3. The lowest BCUT2D eigenvalue weighted by Crippen LogP contribution is -2.29. The third-order valence-electron chi connectivity index (χ3n) is 3.24. The van der Waals surface area contributed by atoms with Gasteiger partial charge < -0.3 is 0 Å². The Labute approximate surface area is 137 Å². The molecule has 21 heavy (non-hydrogen) atoms. The maximum Gasteiger partial charge on any atom is 0.299 e. The molecule has 0 aliphatic carbocycles. The molecule has 1 aliphatic heterocycles. The molecule has 3 rings (SSSR count). The molecule has 0 saturated heterocycles. The van der Waals surface area contributed by atoms with E-state index in [9.17, 15) is 14.0 Å². The van der Waals surface area contributed by atoms with Gasteiger partial charge in [0.05, 0.1) is 17.8 Å². The second-order valence-electron chi connectivity index (χ2n) is 4.63. The molecule has 6 heteroatoms. The van der Waals surface area contributed by atoms with Gasteiger partial charge in [0.15, 0.2) is 0 Å². The van der Waals surface area contributed by atoms with Crippen LogP contribution < -0.4 is 4.90 Å². The van der Waals surface area contributed by atoms with Gasteiger partial charge in [-0.25, -0.2) is 4.39 Å². The summed E-state index contributed by atoms with van der Waals surface area (Å²) in [7, 11) is 0. The van der Waals surface area contributed by atoms with Crippen molar-refractivity contribution >= 4 is 49.2 Å². The maximum absolute atomic E-state index is 13.4. The summed E-state index contributed by atoms with van der Waals surface area (Å²) in [5.74, 6) is -1.87. The van der Waals surface area contributed by atoms with Crippen LogP contribution in [0, 0.1) is 5.82 Å². The molecule has 0 radical (unpaired) electrons. The fourth-order valence-electron chi connectivity index (χ4n) is 2.28. The van der Waals surface area contributed by atoms with Crippen molar-refractivity contribution in [2.24, 2.45) is 0 Å². The van der Waals surface area contributed by atoms with E-state index in [0.29, 0.717) is 10.2 Å². The Morgan fingerprint density at radius 1 is 1.05 bits per heavy atom. The molecule has 0 bridgehead atoms. The van der Waals surface area contributed by atoms with Gasteiger partial charge in [0, 0.05) is 8.95 Å². The Morgan fingerprint density at radius 2 is 1.71 bits per heavy atom. The molecule has 0 spiro atoms. The van der Waals surface area contributed by atoms with Gasteiger partial charge in [-0.2, -0.15) is 0 Å². The normalized spacial score (nSPS) is 13.8. The van der Waals surface area contributed by atoms with Crippen LogP contribution in [0.2, 0.25) is 0 Å². The first-order chi connectivity index (χ1) is 9.97. The Bertz CT molecular complexity index is 759. The highest BCUT2D eigenvalue weighted by Gasteiger charge is 2.37. The molecule has 1 amide bonds. The zero-order valence-electron chi connectivity index (χ0n) is 10.6. The van der Waals surface area contributed by atoms with Crippen molar-refractivity contribution in [2.75, 3.05) is 4.90 Å². The van der Waals surface area contributed by atoms with Gasteiger partial charge in [-0.1, -0.05) is 28.1 Å². The number of amides is 1. The van der Waals surface area contributed by atoms with Crippen LogP contribution in [0.25, 0.3) is 0 Å². The standard InChI is InChI=1S/C15H8Br2FNO2/c16-9-3-1-8(2-4-9)7-19-13-11(14(20)15(19)21)5-10(18)6-12(13)17/h1-6H,7H2. The molecule has 0 fully saturated rings. The number of benzene rings is 2. The number of anilines is 1. The smallest absolute Gasteiger partial charge is 0.299 e. The quantitative estimate of drug-likeness (QED) is 0.697. The maximum atomic E-state index is 13.4. The molecule has 2 aromatic carbocycles. The topological polar surface area (TPSA) is 37.4 Å². The van der Waals surface area contributed by atoms with Gasteiger partial charge in [-0.3, -0.25) is 14.5 Å². The molecular formula is C15H8Br2FNO2. The number of hydrogen-bond acceptors (Lipinski definition) is 2. The Kier molecular flexibility index (Phi) is 3.67. The summed E-state index contributed by atoms with van der Waals surface area (Å²) < 4.78 is 14.7. The predicted octanol–water partition coefficient (Wildman–Crippen LogP) is 4.08. The van der Waals surface area contributed by atoms with E-state index in [1.807, 2.05) is 24.3 Å². The lowest BCUT2D eigenvalue weighted by Gasteiger charge is -2.18. The molecule has 2 aromatic rings. The first-order valence-corrected chi connectivity index (χ1v) is 7.65. The zero-order valence-corrected chi connectivity index (χ0v) is 13.7. The minimum absolute atomic E-state index is 0.101. The largest absolute Gasteiger partial charge is 0.299 e. The van der Waals surface area contributed by atoms with Crippen LogP contribution in [0.1, 0.15) is 15.9 Å². The van der Waals surface area contributed by atoms with Crippen LogP contribution in [0.15, 0.2) is 45.3 Å². The second kappa shape index (κ2) is 5.35.